The standard InChI is InChI=1S/C13H16BrNO/c1-9-2-3-11(8-13(9)14)15-10-4-6-12(16)7-5-10/h2-3,8,10,15H,4-7H2,1H3. The number of benzene rings is 1. The molecule has 0 amide bonds. The zero-order valence-corrected chi connectivity index (χ0v) is 11.0. The molecule has 86 valence electrons. The number of hydrogen-bond donors (Lipinski definition) is 1. The van der Waals surface area contributed by atoms with Gasteiger partial charge in [-0.15, -0.1) is 0 Å². The molecule has 0 aliphatic heterocycles. The van der Waals surface area contributed by atoms with Gasteiger partial charge >= 0.3 is 0 Å². The Labute approximate surface area is 105 Å². The van der Waals surface area contributed by atoms with Crippen LogP contribution in [0.2, 0.25) is 0 Å². The van der Waals surface area contributed by atoms with Crippen molar-refractivity contribution in [2.75, 3.05) is 5.32 Å². The minimum atomic E-state index is 0.406. The van der Waals surface area contributed by atoms with Crippen molar-refractivity contribution in [2.24, 2.45) is 0 Å². The SMILES string of the molecule is Cc1ccc(NC2CCC(=O)CC2)cc1Br. The number of aryl methyl sites for hydroxylation is 1. The zero-order valence-electron chi connectivity index (χ0n) is 9.42. The lowest BCUT2D eigenvalue weighted by Crippen LogP contribution is -2.25. The molecule has 0 unspecified atom stereocenters. The third kappa shape index (κ3) is 2.85. The molecule has 3 heteroatoms. The second-order valence-electron chi connectivity index (χ2n) is 4.42. The summed E-state index contributed by atoms with van der Waals surface area (Å²) in [4.78, 5) is 11.1. The largest absolute Gasteiger partial charge is 0.382 e. The van der Waals surface area contributed by atoms with E-state index in [1.54, 1.807) is 0 Å². The van der Waals surface area contributed by atoms with Crippen LogP contribution in [0.25, 0.3) is 0 Å². The number of anilines is 1. The highest BCUT2D eigenvalue weighted by Crippen LogP contribution is 2.24. The normalized spacial score (nSPS) is 17.5. The van der Waals surface area contributed by atoms with Crippen LogP contribution < -0.4 is 5.32 Å². The van der Waals surface area contributed by atoms with E-state index in [9.17, 15) is 4.79 Å². The van der Waals surface area contributed by atoms with Crippen LogP contribution in [0.5, 0.6) is 0 Å². The van der Waals surface area contributed by atoms with E-state index < -0.39 is 0 Å². The van der Waals surface area contributed by atoms with Gasteiger partial charge in [0.15, 0.2) is 0 Å². The summed E-state index contributed by atoms with van der Waals surface area (Å²) >= 11 is 3.53. The zero-order chi connectivity index (χ0) is 11.5. The highest BCUT2D eigenvalue weighted by atomic mass is 79.9. The van der Waals surface area contributed by atoms with Crippen molar-refractivity contribution in [3.63, 3.8) is 0 Å². The van der Waals surface area contributed by atoms with Gasteiger partial charge in [0, 0.05) is 29.0 Å². The maximum atomic E-state index is 11.1. The molecule has 1 saturated carbocycles. The van der Waals surface area contributed by atoms with E-state index in [2.05, 4.69) is 46.4 Å². The Morgan fingerprint density at radius 3 is 2.62 bits per heavy atom. The minimum absolute atomic E-state index is 0.406. The van der Waals surface area contributed by atoms with Crippen molar-refractivity contribution in [1.82, 2.24) is 0 Å². The molecule has 2 rings (SSSR count). The predicted molar refractivity (Wildman–Crippen MR) is 69.8 cm³/mol. The molecule has 1 N–H and O–H groups in total. The van der Waals surface area contributed by atoms with Crippen LogP contribution in [0.4, 0.5) is 5.69 Å². The molecular formula is C13H16BrNO. The molecule has 0 radical (unpaired) electrons. The fourth-order valence-electron chi connectivity index (χ4n) is 2.00. The van der Waals surface area contributed by atoms with E-state index in [4.69, 9.17) is 0 Å². The lowest BCUT2D eigenvalue weighted by atomic mass is 9.94. The van der Waals surface area contributed by atoms with Crippen LogP contribution in [0, 0.1) is 6.92 Å². The van der Waals surface area contributed by atoms with Gasteiger partial charge in [0.1, 0.15) is 5.78 Å². The Balaban J connectivity index is 1.98. The predicted octanol–water partition coefficient (Wildman–Crippen LogP) is 3.68. The number of Topliss-reactive ketones (excluding diaryl/α,β-unsaturated/α-hetero) is 1. The molecule has 1 aliphatic carbocycles. The van der Waals surface area contributed by atoms with Gasteiger partial charge in [-0.3, -0.25) is 4.79 Å². The minimum Gasteiger partial charge on any atom is -0.382 e. The number of carbonyl (C=O) groups is 1. The van der Waals surface area contributed by atoms with Gasteiger partial charge in [-0.05, 0) is 37.5 Å². The summed E-state index contributed by atoms with van der Waals surface area (Å²) in [5.41, 5.74) is 2.38. The van der Waals surface area contributed by atoms with Crippen molar-refractivity contribution < 1.29 is 4.79 Å². The Kier molecular flexibility index (Phi) is 3.64. The van der Waals surface area contributed by atoms with Gasteiger partial charge in [0.05, 0.1) is 0 Å². The van der Waals surface area contributed by atoms with Gasteiger partial charge < -0.3 is 5.32 Å². The summed E-state index contributed by atoms with van der Waals surface area (Å²) < 4.78 is 1.13. The summed E-state index contributed by atoms with van der Waals surface area (Å²) in [5, 5.41) is 3.49. The molecule has 16 heavy (non-hydrogen) atoms. The monoisotopic (exact) mass is 281 g/mol. The van der Waals surface area contributed by atoms with E-state index in [0.717, 1.165) is 35.8 Å². The molecule has 0 atom stereocenters. The third-order valence-electron chi connectivity index (χ3n) is 3.09. The fraction of sp³-hybridized carbons (Fsp3) is 0.462. The van der Waals surface area contributed by atoms with E-state index in [-0.39, 0.29) is 0 Å². The lowest BCUT2D eigenvalue weighted by molar-refractivity contribution is -0.120. The van der Waals surface area contributed by atoms with Crippen LogP contribution in [-0.4, -0.2) is 11.8 Å². The number of carbonyl (C=O) groups excluding carboxylic acids is 1. The number of nitrogens with one attached hydrogen (secondary N) is 1. The summed E-state index contributed by atoms with van der Waals surface area (Å²) in [6.45, 7) is 2.08. The van der Waals surface area contributed by atoms with E-state index >= 15 is 0 Å². The van der Waals surface area contributed by atoms with Crippen LogP contribution in [-0.2, 0) is 4.79 Å². The first-order valence-corrected chi connectivity index (χ1v) is 6.49. The van der Waals surface area contributed by atoms with Crippen molar-refractivity contribution >= 4 is 27.4 Å². The number of halogens is 1. The average Bonchev–Trinajstić information content (AvgIpc) is 2.27. The highest BCUT2D eigenvalue weighted by molar-refractivity contribution is 9.10. The van der Waals surface area contributed by atoms with Crippen molar-refractivity contribution in [3.05, 3.63) is 28.2 Å². The highest BCUT2D eigenvalue weighted by Gasteiger charge is 2.18. The van der Waals surface area contributed by atoms with Crippen LogP contribution in [0.3, 0.4) is 0 Å². The molecule has 0 heterocycles. The summed E-state index contributed by atoms with van der Waals surface area (Å²) in [5.74, 6) is 0.406. The summed E-state index contributed by atoms with van der Waals surface area (Å²) in [6, 6.07) is 6.75. The maximum Gasteiger partial charge on any atom is 0.133 e. The lowest BCUT2D eigenvalue weighted by Gasteiger charge is -2.23. The quantitative estimate of drug-likeness (QED) is 0.896. The molecule has 2 nitrogen and oxygen atoms in total. The molecule has 1 aliphatic rings. The Morgan fingerprint density at radius 1 is 1.31 bits per heavy atom. The second-order valence-corrected chi connectivity index (χ2v) is 5.28. The van der Waals surface area contributed by atoms with Crippen molar-refractivity contribution in [2.45, 2.75) is 38.6 Å². The second kappa shape index (κ2) is 5.00. The van der Waals surface area contributed by atoms with Crippen molar-refractivity contribution in [1.29, 1.82) is 0 Å². The maximum absolute atomic E-state index is 11.1. The topological polar surface area (TPSA) is 29.1 Å². The third-order valence-corrected chi connectivity index (χ3v) is 3.94. The number of rotatable bonds is 2. The molecule has 0 saturated heterocycles. The van der Waals surface area contributed by atoms with Gasteiger partial charge in [-0.25, -0.2) is 0 Å². The van der Waals surface area contributed by atoms with Gasteiger partial charge in [0.25, 0.3) is 0 Å². The summed E-state index contributed by atoms with van der Waals surface area (Å²) in [7, 11) is 0. The molecule has 1 fully saturated rings. The molecule has 0 aromatic heterocycles. The number of ketones is 1. The molecular weight excluding hydrogens is 266 g/mol. The first-order valence-electron chi connectivity index (χ1n) is 5.69. The van der Waals surface area contributed by atoms with Crippen LogP contribution in [0.1, 0.15) is 31.2 Å². The van der Waals surface area contributed by atoms with Gasteiger partial charge in [-0.1, -0.05) is 22.0 Å². The Morgan fingerprint density at radius 2 is 2.00 bits per heavy atom. The van der Waals surface area contributed by atoms with Crippen LogP contribution >= 0.6 is 15.9 Å². The molecule has 1 aromatic carbocycles. The number of hydrogen-bond acceptors (Lipinski definition) is 2. The van der Waals surface area contributed by atoms with Gasteiger partial charge in [-0.2, -0.15) is 0 Å². The van der Waals surface area contributed by atoms with Crippen LogP contribution in [0.15, 0.2) is 22.7 Å². The summed E-state index contributed by atoms with van der Waals surface area (Å²) in [6.07, 6.45) is 3.38. The van der Waals surface area contributed by atoms with Crippen molar-refractivity contribution in [3.8, 4) is 0 Å². The Hall–Kier alpha value is -0.830. The van der Waals surface area contributed by atoms with E-state index in [0.29, 0.717) is 11.8 Å². The first-order chi connectivity index (χ1) is 7.65. The fourth-order valence-corrected chi connectivity index (χ4v) is 2.38. The van der Waals surface area contributed by atoms with E-state index in [1.807, 2.05) is 0 Å². The van der Waals surface area contributed by atoms with E-state index in [1.165, 1.54) is 5.56 Å². The first kappa shape index (κ1) is 11.6. The smallest absolute Gasteiger partial charge is 0.133 e. The van der Waals surface area contributed by atoms with Gasteiger partial charge in [0.2, 0.25) is 0 Å². The average molecular weight is 282 g/mol. The molecule has 0 spiro atoms. The molecule has 1 aromatic rings. The molecule has 0 bridgehead atoms. The Bertz CT molecular complexity index is 393.